The first-order chi connectivity index (χ1) is 14.2. The molecule has 2 aromatic carbocycles. The Labute approximate surface area is 173 Å². The molecule has 2 heterocycles. The van der Waals surface area contributed by atoms with Crippen LogP contribution < -0.4 is 14.8 Å². The molecule has 2 aliphatic rings. The minimum Gasteiger partial charge on any atom is -0.486 e. The number of fused-ring (bicyclic) bond motifs is 2. The second-order valence-electron chi connectivity index (χ2n) is 7.68. The molecule has 2 N–H and O–H groups in total. The molecule has 0 radical (unpaired) electrons. The predicted molar refractivity (Wildman–Crippen MR) is 111 cm³/mol. The molecule has 5 rings (SSSR count). The van der Waals surface area contributed by atoms with Crippen LogP contribution in [-0.4, -0.2) is 35.1 Å². The highest BCUT2D eigenvalue weighted by atomic mass is 35.5. The van der Waals surface area contributed by atoms with E-state index in [4.69, 9.17) is 26.1 Å². The van der Waals surface area contributed by atoms with Crippen molar-refractivity contribution < 1.29 is 14.3 Å². The lowest BCUT2D eigenvalue weighted by Gasteiger charge is -2.29. The normalized spacial score (nSPS) is 21.1. The zero-order chi connectivity index (χ0) is 19.8. The third-order valence-electron chi connectivity index (χ3n) is 5.66. The molecule has 3 aromatic rings. The van der Waals surface area contributed by atoms with Crippen LogP contribution in [0.4, 0.5) is 0 Å². The van der Waals surface area contributed by atoms with Crippen LogP contribution in [0, 0.1) is 0 Å². The molecule has 1 aromatic heterocycles. The highest BCUT2D eigenvalue weighted by molar-refractivity contribution is 6.31. The largest absolute Gasteiger partial charge is 0.486 e. The first kappa shape index (κ1) is 18.3. The van der Waals surface area contributed by atoms with E-state index in [1.165, 1.54) is 0 Å². The number of aromatic nitrogens is 2. The fourth-order valence-electron chi connectivity index (χ4n) is 4.22. The molecule has 1 amide bonds. The minimum atomic E-state index is -0.0796. The van der Waals surface area contributed by atoms with Crippen LogP contribution in [0.5, 0.6) is 11.5 Å². The van der Waals surface area contributed by atoms with Gasteiger partial charge in [-0.2, -0.15) is 0 Å². The van der Waals surface area contributed by atoms with Gasteiger partial charge < -0.3 is 19.8 Å². The van der Waals surface area contributed by atoms with Gasteiger partial charge in [0.15, 0.2) is 11.5 Å². The molecule has 0 saturated heterocycles. The van der Waals surface area contributed by atoms with E-state index in [1.54, 1.807) is 18.2 Å². The average molecular weight is 412 g/mol. The summed E-state index contributed by atoms with van der Waals surface area (Å²) in [5.74, 6) is 2.51. The van der Waals surface area contributed by atoms with Crippen molar-refractivity contribution in [1.82, 2.24) is 15.3 Å². The number of hydrogen-bond donors (Lipinski definition) is 2. The van der Waals surface area contributed by atoms with Crippen LogP contribution in [0.15, 0.2) is 36.4 Å². The van der Waals surface area contributed by atoms with E-state index in [9.17, 15) is 4.79 Å². The van der Waals surface area contributed by atoms with Gasteiger partial charge in [-0.1, -0.05) is 18.0 Å². The lowest BCUT2D eigenvalue weighted by molar-refractivity contribution is 0.0923. The molecule has 1 aliphatic carbocycles. The second kappa shape index (κ2) is 7.59. The Morgan fingerprint density at radius 3 is 2.86 bits per heavy atom. The summed E-state index contributed by atoms with van der Waals surface area (Å²) in [6, 6.07) is 11.1. The van der Waals surface area contributed by atoms with Gasteiger partial charge in [0.1, 0.15) is 19.0 Å². The summed E-state index contributed by atoms with van der Waals surface area (Å²) in [4.78, 5) is 20.9. The van der Waals surface area contributed by atoms with E-state index in [2.05, 4.69) is 10.3 Å². The highest BCUT2D eigenvalue weighted by Gasteiger charge is 2.27. The summed E-state index contributed by atoms with van der Waals surface area (Å²) < 4.78 is 11.1. The zero-order valence-electron chi connectivity index (χ0n) is 15.9. The molecule has 6 nitrogen and oxygen atoms in total. The number of nitrogens with zero attached hydrogens (tertiary/aromatic N) is 1. The van der Waals surface area contributed by atoms with Crippen LogP contribution in [0.3, 0.4) is 0 Å². The van der Waals surface area contributed by atoms with Crippen LogP contribution >= 0.6 is 11.6 Å². The quantitative estimate of drug-likeness (QED) is 0.667. The van der Waals surface area contributed by atoms with Gasteiger partial charge in [-0.3, -0.25) is 4.79 Å². The molecule has 0 spiro atoms. The van der Waals surface area contributed by atoms with Crippen molar-refractivity contribution >= 4 is 28.5 Å². The number of carbonyl (C=O) groups is 1. The van der Waals surface area contributed by atoms with Gasteiger partial charge in [0.2, 0.25) is 0 Å². The maximum atomic E-state index is 12.8. The number of hydrogen-bond acceptors (Lipinski definition) is 4. The van der Waals surface area contributed by atoms with Gasteiger partial charge in [0.05, 0.1) is 11.0 Å². The van der Waals surface area contributed by atoms with Crippen LogP contribution in [0.25, 0.3) is 11.0 Å². The van der Waals surface area contributed by atoms with Crippen molar-refractivity contribution in [2.24, 2.45) is 0 Å². The number of halogens is 1. The third-order valence-corrected chi connectivity index (χ3v) is 5.90. The number of ether oxygens (including phenoxy) is 2. The fraction of sp³-hybridized carbons (Fsp3) is 0.364. The van der Waals surface area contributed by atoms with Gasteiger partial charge in [-0.15, -0.1) is 0 Å². The Balaban J connectivity index is 1.28. The fourth-order valence-corrected chi connectivity index (χ4v) is 4.39. The Morgan fingerprint density at radius 2 is 1.97 bits per heavy atom. The number of aromatic amines is 1. The van der Waals surface area contributed by atoms with E-state index in [0.29, 0.717) is 41.2 Å². The van der Waals surface area contributed by atoms with Gasteiger partial charge >= 0.3 is 0 Å². The Hall–Kier alpha value is -2.73. The molecule has 1 fully saturated rings. The Kier molecular flexibility index (Phi) is 4.79. The van der Waals surface area contributed by atoms with Crippen LogP contribution in [0.1, 0.15) is 47.8 Å². The van der Waals surface area contributed by atoms with Crippen LogP contribution in [-0.2, 0) is 0 Å². The maximum absolute atomic E-state index is 12.8. The monoisotopic (exact) mass is 411 g/mol. The van der Waals surface area contributed by atoms with E-state index in [1.807, 2.05) is 18.2 Å². The number of nitrogens with one attached hydrogen (secondary N) is 2. The van der Waals surface area contributed by atoms with Crippen molar-refractivity contribution in [1.29, 1.82) is 0 Å². The number of benzene rings is 2. The van der Waals surface area contributed by atoms with Crippen LogP contribution in [0.2, 0.25) is 5.02 Å². The Morgan fingerprint density at radius 1 is 1.10 bits per heavy atom. The van der Waals surface area contributed by atoms with E-state index in [0.717, 1.165) is 42.5 Å². The summed E-state index contributed by atoms with van der Waals surface area (Å²) in [6.07, 6.45) is 3.95. The van der Waals surface area contributed by atoms with Crippen molar-refractivity contribution in [3.8, 4) is 11.5 Å². The first-order valence-electron chi connectivity index (χ1n) is 10.0. The molecular weight excluding hydrogens is 390 g/mol. The first-order valence-corrected chi connectivity index (χ1v) is 10.4. The molecule has 1 saturated carbocycles. The summed E-state index contributed by atoms with van der Waals surface area (Å²) in [6.45, 7) is 1.04. The number of amides is 1. The van der Waals surface area contributed by atoms with Crippen molar-refractivity contribution in [2.75, 3.05) is 13.2 Å². The Bertz CT molecular complexity index is 1060. The number of imidazole rings is 1. The van der Waals surface area contributed by atoms with E-state index < -0.39 is 0 Å². The summed E-state index contributed by atoms with van der Waals surface area (Å²) in [5, 5.41) is 3.88. The molecule has 150 valence electrons. The molecule has 2 atom stereocenters. The van der Waals surface area contributed by atoms with Crippen molar-refractivity contribution in [3.05, 3.63) is 52.8 Å². The van der Waals surface area contributed by atoms with Crippen molar-refractivity contribution in [2.45, 2.75) is 37.6 Å². The predicted octanol–water partition coefficient (Wildman–Crippen LogP) is 4.44. The summed E-state index contributed by atoms with van der Waals surface area (Å²) >= 11 is 6.08. The van der Waals surface area contributed by atoms with E-state index in [-0.39, 0.29) is 11.9 Å². The minimum absolute atomic E-state index is 0.0796. The third kappa shape index (κ3) is 3.77. The van der Waals surface area contributed by atoms with Crippen molar-refractivity contribution in [3.63, 3.8) is 0 Å². The van der Waals surface area contributed by atoms with Gasteiger partial charge in [0.25, 0.3) is 5.91 Å². The smallest absolute Gasteiger partial charge is 0.251 e. The molecule has 1 aliphatic heterocycles. The lowest BCUT2D eigenvalue weighted by atomic mass is 9.85. The van der Waals surface area contributed by atoms with Gasteiger partial charge in [-0.25, -0.2) is 4.98 Å². The molecule has 0 unspecified atom stereocenters. The topological polar surface area (TPSA) is 76.2 Å². The zero-order valence-corrected chi connectivity index (χ0v) is 16.7. The lowest BCUT2D eigenvalue weighted by Crippen LogP contribution is -2.38. The molecule has 0 bridgehead atoms. The summed E-state index contributed by atoms with van der Waals surface area (Å²) in [5.41, 5.74) is 2.47. The molecular formula is C22H22ClN3O3. The number of carbonyl (C=O) groups excluding carboxylic acids is 1. The average Bonchev–Trinajstić information content (AvgIpc) is 3.17. The molecule has 7 heteroatoms. The van der Waals surface area contributed by atoms with Gasteiger partial charge in [-0.05, 0) is 55.7 Å². The SMILES string of the molecule is O=C(N[C@@H]1CCC[C@H](c2nc3ccc(Cl)cc3[nH]2)C1)c1ccc2c(c1)OCCO2. The van der Waals surface area contributed by atoms with Gasteiger partial charge in [0, 0.05) is 22.5 Å². The maximum Gasteiger partial charge on any atom is 0.251 e. The number of rotatable bonds is 3. The van der Waals surface area contributed by atoms with E-state index >= 15 is 0 Å². The standard InChI is InChI=1S/C22H22ClN3O3/c23-15-5-6-17-18(12-15)26-21(25-17)13-2-1-3-16(10-13)24-22(27)14-4-7-19-20(11-14)29-9-8-28-19/h4-7,11-13,16H,1-3,8-10H2,(H,24,27)(H,25,26)/t13-,16+/m0/s1. The molecule has 29 heavy (non-hydrogen) atoms. The second-order valence-corrected chi connectivity index (χ2v) is 8.11. The number of H-pyrrole nitrogens is 1. The highest BCUT2D eigenvalue weighted by Crippen LogP contribution is 2.34. The summed E-state index contributed by atoms with van der Waals surface area (Å²) in [7, 11) is 0.